The monoisotopic (exact) mass is 228 g/mol. The molecule has 0 fully saturated rings. The predicted molar refractivity (Wildman–Crippen MR) is 59.7 cm³/mol. The van der Waals surface area contributed by atoms with Gasteiger partial charge in [-0.3, -0.25) is 0 Å². The fraction of sp³-hybridized carbons (Fsp3) is 0.333. The van der Waals surface area contributed by atoms with Crippen LogP contribution in [-0.2, 0) is 4.79 Å². The lowest BCUT2D eigenvalue weighted by molar-refractivity contribution is -0.131. The number of rotatable bonds is 4. The average molecular weight is 228 g/mol. The van der Waals surface area contributed by atoms with Crippen LogP contribution in [-0.4, -0.2) is 37.3 Å². The number of hydrogen-bond donors (Lipinski definition) is 1. The molecule has 0 aliphatic carbocycles. The molecule has 82 valence electrons. The van der Waals surface area contributed by atoms with Crippen LogP contribution in [0.3, 0.4) is 0 Å². The normalized spacial score (nSPS) is 10.6. The molecule has 0 atom stereocenters. The zero-order valence-corrected chi connectivity index (χ0v) is 9.54. The number of carbonyl (C=O) groups is 1. The van der Waals surface area contributed by atoms with Crippen molar-refractivity contribution < 1.29 is 14.6 Å². The standard InChI is InChI=1S/C9H12N2O3S/c1-11(2)9-10-8(14-3)6(15-9)4-5-7(12)13/h4-5H,1-3H3,(H,12,13)/b5-4+. The first kappa shape index (κ1) is 11.5. The first-order valence-electron chi connectivity index (χ1n) is 4.17. The van der Waals surface area contributed by atoms with Gasteiger partial charge in [0.15, 0.2) is 5.13 Å². The van der Waals surface area contributed by atoms with Crippen LogP contribution in [0, 0.1) is 0 Å². The van der Waals surface area contributed by atoms with E-state index in [0.29, 0.717) is 10.8 Å². The van der Waals surface area contributed by atoms with Gasteiger partial charge in [0.1, 0.15) is 0 Å². The number of methoxy groups -OCH3 is 1. The van der Waals surface area contributed by atoms with Gasteiger partial charge in [0.2, 0.25) is 5.88 Å². The number of nitrogens with zero attached hydrogens (tertiary/aromatic N) is 2. The van der Waals surface area contributed by atoms with Crippen LogP contribution >= 0.6 is 11.3 Å². The molecule has 1 aromatic rings. The molecule has 1 aromatic heterocycles. The molecule has 0 aromatic carbocycles. The number of hydrogen-bond acceptors (Lipinski definition) is 5. The van der Waals surface area contributed by atoms with Crippen molar-refractivity contribution in [3.63, 3.8) is 0 Å². The van der Waals surface area contributed by atoms with Crippen molar-refractivity contribution in [2.45, 2.75) is 0 Å². The molecule has 0 bridgehead atoms. The van der Waals surface area contributed by atoms with Gasteiger partial charge in [-0.15, -0.1) is 0 Å². The van der Waals surface area contributed by atoms with Crippen LogP contribution in [0.2, 0.25) is 0 Å². The molecule has 5 nitrogen and oxygen atoms in total. The Morgan fingerprint density at radius 2 is 2.27 bits per heavy atom. The van der Waals surface area contributed by atoms with Crippen LogP contribution in [0.15, 0.2) is 6.08 Å². The summed E-state index contributed by atoms with van der Waals surface area (Å²) in [5.41, 5.74) is 0. The highest BCUT2D eigenvalue weighted by Crippen LogP contribution is 2.31. The Morgan fingerprint density at radius 3 is 2.73 bits per heavy atom. The molecule has 0 spiro atoms. The highest BCUT2D eigenvalue weighted by molar-refractivity contribution is 7.16. The van der Waals surface area contributed by atoms with Crippen molar-refractivity contribution in [2.75, 3.05) is 26.1 Å². The van der Waals surface area contributed by atoms with Crippen molar-refractivity contribution in [1.29, 1.82) is 0 Å². The third kappa shape index (κ3) is 2.95. The smallest absolute Gasteiger partial charge is 0.328 e. The lowest BCUT2D eigenvalue weighted by Gasteiger charge is -2.04. The topological polar surface area (TPSA) is 62.7 Å². The van der Waals surface area contributed by atoms with E-state index in [2.05, 4.69) is 4.98 Å². The van der Waals surface area contributed by atoms with Crippen molar-refractivity contribution in [3.05, 3.63) is 11.0 Å². The summed E-state index contributed by atoms with van der Waals surface area (Å²) < 4.78 is 5.04. The number of aliphatic carboxylic acids is 1. The van der Waals surface area contributed by atoms with Crippen LogP contribution < -0.4 is 9.64 Å². The third-order valence-corrected chi connectivity index (χ3v) is 2.73. The molecule has 6 heteroatoms. The van der Waals surface area contributed by atoms with Gasteiger partial charge in [0.25, 0.3) is 0 Å². The summed E-state index contributed by atoms with van der Waals surface area (Å²) in [6.07, 6.45) is 2.54. The molecule has 0 radical (unpaired) electrons. The van der Waals surface area contributed by atoms with Crippen LogP contribution in [0.4, 0.5) is 5.13 Å². The molecule has 1 heterocycles. The molecule has 0 saturated heterocycles. The van der Waals surface area contributed by atoms with Gasteiger partial charge >= 0.3 is 5.97 Å². The summed E-state index contributed by atoms with van der Waals surface area (Å²) in [5.74, 6) is -0.543. The minimum atomic E-state index is -0.989. The van der Waals surface area contributed by atoms with Crippen LogP contribution in [0.5, 0.6) is 5.88 Å². The molecule has 1 N–H and O–H groups in total. The van der Waals surface area contributed by atoms with Gasteiger partial charge in [-0.25, -0.2) is 4.79 Å². The summed E-state index contributed by atoms with van der Waals surface area (Å²) in [4.78, 5) is 17.1. The number of carboxylic acid groups (broad SMARTS) is 1. The maximum absolute atomic E-state index is 10.4. The fourth-order valence-electron chi connectivity index (χ4n) is 0.897. The van der Waals surface area contributed by atoms with Crippen LogP contribution in [0.1, 0.15) is 4.88 Å². The minimum absolute atomic E-state index is 0.446. The molecule has 15 heavy (non-hydrogen) atoms. The Kier molecular flexibility index (Phi) is 3.68. The second-order valence-corrected chi connectivity index (χ2v) is 3.95. The van der Waals surface area contributed by atoms with E-state index in [4.69, 9.17) is 9.84 Å². The van der Waals surface area contributed by atoms with Crippen LogP contribution in [0.25, 0.3) is 6.08 Å². The molecule has 0 saturated carbocycles. The van der Waals surface area contributed by atoms with E-state index in [1.165, 1.54) is 24.5 Å². The highest BCUT2D eigenvalue weighted by atomic mass is 32.1. The lowest BCUT2D eigenvalue weighted by atomic mass is 10.4. The van der Waals surface area contributed by atoms with Crippen molar-refractivity contribution in [2.24, 2.45) is 0 Å². The third-order valence-electron chi connectivity index (χ3n) is 1.56. The van der Waals surface area contributed by atoms with E-state index in [1.807, 2.05) is 19.0 Å². The van der Waals surface area contributed by atoms with Crippen molar-refractivity contribution >= 4 is 28.5 Å². The average Bonchev–Trinajstić information content (AvgIpc) is 2.57. The summed E-state index contributed by atoms with van der Waals surface area (Å²) in [6.45, 7) is 0. The molecule has 0 unspecified atom stereocenters. The van der Waals surface area contributed by atoms with Crippen molar-refractivity contribution in [3.8, 4) is 5.88 Å². The zero-order valence-electron chi connectivity index (χ0n) is 8.72. The van der Waals surface area contributed by atoms with Crippen molar-refractivity contribution in [1.82, 2.24) is 4.98 Å². The Bertz CT molecular complexity index is 385. The molecular weight excluding hydrogens is 216 g/mol. The molecule has 1 rings (SSSR count). The molecule has 0 aliphatic rings. The van der Waals surface area contributed by atoms with Gasteiger partial charge in [0, 0.05) is 20.2 Å². The number of anilines is 1. The van der Waals surface area contributed by atoms with Gasteiger partial charge in [0.05, 0.1) is 12.0 Å². The van der Waals surface area contributed by atoms with Gasteiger partial charge in [-0.1, -0.05) is 11.3 Å². The highest BCUT2D eigenvalue weighted by Gasteiger charge is 2.10. The molecular formula is C9H12N2O3S. The Morgan fingerprint density at radius 1 is 1.60 bits per heavy atom. The first-order valence-corrected chi connectivity index (χ1v) is 4.99. The van der Waals surface area contributed by atoms with E-state index < -0.39 is 5.97 Å². The Hall–Kier alpha value is -1.56. The maximum atomic E-state index is 10.4. The van der Waals surface area contributed by atoms with E-state index in [1.54, 1.807) is 0 Å². The van der Waals surface area contributed by atoms with E-state index in [-0.39, 0.29) is 0 Å². The van der Waals surface area contributed by atoms with E-state index in [9.17, 15) is 4.79 Å². The number of aromatic nitrogens is 1. The number of carboxylic acids is 1. The van der Waals surface area contributed by atoms with Gasteiger partial charge in [-0.05, 0) is 6.08 Å². The summed E-state index contributed by atoms with van der Waals surface area (Å²) in [7, 11) is 5.23. The molecule has 0 amide bonds. The first-order chi connectivity index (χ1) is 7.04. The second kappa shape index (κ2) is 4.79. The summed E-state index contributed by atoms with van der Waals surface area (Å²) in [6, 6.07) is 0. The largest absolute Gasteiger partial charge is 0.480 e. The van der Waals surface area contributed by atoms with Gasteiger partial charge < -0.3 is 14.7 Å². The lowest BCUT2D eigenvalue weighted by Crippen LogP contribution is -2.07. The van der Waals surface area contributed by atoms with E-state index in [0.717, 1.165) is 11.2 Å². The summed E-state index contributed by atoms with van der Waals surface area (Å²) in [5, 5.41) is 9.28. The maximum Gasteiger partial charge on any atom is 0.328 e. The zero-order chi connectivity index (χ0) is 11.4. The molecule has 0 aliphatic heterocycles. The number of ether oxygens (including phenoxy) is 1. The predicted octanol–water partition coefficient (Wildman–Crippen LogP) is 1.32. The Labute approximate surface area is 91.6 Å². The minimum Gasteiger partial charge on any atom is -0.480 e. The Balaban J connectivity index is 3.00. The summed E-state index contributed by atoms with van der Waals surface area (Å²) >= 11 is 1.37. The second-order valence-electron chi connectivity index (χ2n) is 2.94. The fourth-order valence-corrected chi connectivity index (χ4v) is 1.76. The van der Waals surface area contributed by atoms with E-state index >= 15 is 0 Å². The SMILES string of the molecule is COc1nc(N(C)C)sc1/C=C/C(=O)O. The quantitative estimate of drug-likeness (QED) is 0.787. The van der Waals surface area contributed by atoms with Gasteiger partial charge in [-0.2, -0.15) is 4.98 Å². The number of thiazole rings is 1.